The fraction of sp³-hybridized carbons (Fsp3) is 0.571. The van der Waals surface area contributed by atoms with E-state index in [1.807, 2.05) is 12.1 Å². The molecule has 1 aromatic rings. The van der Waals surface area contributed by atoms with Crippen molar-refractivity contribution >= 4 is 23.7 Å². The Kier molecular flexibility index (Phi) is 6.92. The number of nitrogens with two attached hydrogens (primary N) is 2. The normalized spacial score (nSPS) is 31.9. The van der Waals surface area contributed by atoms with Gasteiger partial charge in [0.05, 0.1) is 38.0 Å². The van der Waals surface area contributed by atoms with E-state index >= 15 is 0 Å². The molecule has 12 nitrogen and oxygen atoms in total. The topological polar surface area (TPSA) is 174 Å². The summed E-state index contributed by atoms with van der Waals surface area (Å²) in [7, 11) is 3.66. The molecule has 2 heterocycles. The molecular formula is C28H38N5O7+. The predicted octanol–water partition coefficient (Wildman–Crippen LogP) is -0.510. The summed E-state index contributed by atoms with van der Waals surface area (Å²) >= 11 is 0. The number of primary amides is 1. The highest BCUT2D eigenvalue weighted by molar-refractivity contribution is 5.90. The number of carbonyl (C=O) groups is 4. The Balaban J connectivity index is 1.37. The van der Waals surface area contributed by atoms with Crippen LogP contribution in [0.15, 0.2) is 24.8 Å². The van der Waals surface area contributed by atoms with E-state index in [4.69, 9.17) is 20.9 Å². The summed E-state index contributed by atoms with van der Waals surface area (Å²) in [6, 6.07) is 2.40. The first kappa shape index (κ1) is 28.1. The minimum atomic E-state index is -1.15. The van der Waals surface area contributed by atoms with Crippen LogP contribution in [-0.4, -0.2) is 102 Å². The Morgan fingerprint density at radius 1 is 1.38 bits per heavy atom. The maximum Gasteiger partial charge on any atom is 0.415 e. The molecule has 1 saturated heterocycles. The second kappa shape index (κ2) is 9.86. The van der Waals surface area contributed by atoms with Crippen LogP contribution in [-0.2, 0) is 26.2 Å². The molecule has 6 N–H and O–H groups in total. The van der Waals surface area contributed by atoms with Gasteiger partial charge in [-0.25, -0.2) is 4.79 Å². The molecule has 2 aliphatic heterocycles. The molecule has 1 unspecified atom stereocenters. The van der Waals surface area contributed by atoms with E-state index in [9.17, 15) is 24.3 Å². The van der Waals surface area contributed by atoms with Crippen molar-refractivity contribution in [2.45, 2.75) is 61.3 Å². The fourth-order valence-electron chi connectivity index (χ4n) is 7.46. The van der Waals surface area contributed by atoms with Gasteiger partial charge >= 0.3 is 6.09 Å². The van der Waals surface area contributed by atoms with E-state index in [1.165, 1.54) is 11.9 Å². The number of amides is 3. The van der Waals surface area contributed by atoms with Crippen molar-refractivity contribution in [2.75, 3.05) is 40.3 Å². The number of hydrogen-bond donors (Lipinski definition) is 4. The summed E-state index contributed by atoms with van der Waals surface area (Å²) in [5, 5.41) is 15.0. The third-order valence-corrected chi connectivity index (χ3v) is 9.45. The predicted molar refractivity (Wildman–Crippen MR) is 143 cm³/mol. The fourth-order valence-corrected chi connectivity index (χ4v) is 7.46. The van der Waals surface area contributed by atoms with Gasteiger partial charge in [0, 0.05) is 45.0 Å². The molecule has 5 rings (SSSR count). The number of rotatable bonds is 9. The second-order valence-corrected chi connectivity index (χ2v) is 11.8. The van der Waals surface area contributed by atoms with Gasteiger partial charge in [-0.1, -0.05) is 12.6 Å². The molecule has 1 saturated carbocycles. The smallest absolute Gasteiger partial charge is 0.415 e. The maximum atomic E-state index is 13.2. The Morgan fingerprint density at radius 2 is 2.12 bits per heavy atom. The lowest BCUT2D eigenvalue weighted by molar-refractivity contribution is -0.944. The summed E-state index contributed by atoms with van der Waals surface area (Å²) in [5.41, 5.74) is 10.4. The summed E-state index contributed by atoms with van der Waals surface area (Å²) in [6.45, 7) is 5.60. The lowest BCUT2D eigenvalue weighted by Gasteiger charge is -2.64. The zero-order chi connectivity index (χ0) is 29.0. The Bertz CT molecular complexity index is 1290. The van der Waals surface area contributed by atoms with Crippen LogP contribution in [0.4, 0.5) is 4.79 Å². The molecule has 1 aromatic carbocycles. The molecule has 0 aromatic heterocycles. The van der Waals surface area contributed by atoms with Gasteiger partial charge < -0.3 is 40.7 Å². The van der Waals surface area contributed by atoms with Gasteiger partial charge in [-0.05, 0) is 24.1 Å². The van der Waals surface area contributed by atoms with Crippen molar-refractivity contribution in [3.05, 3.63) is 35.9 Å². The van der Waals surface area contributed by atoms with E-state index < -0.39 is 41.1 Å². The molecule has 6 atom stereocenters. The number of quaternary nitrogens is 1. The molecule has 3 amide bonds. The number of hydrogen-bond acceptors (Lipinski definition) is 8. The highest BCUT2D eigenvalue weighted by Crippen LogP contribution is 2.65. The summed E-state index contributed by atoms with van der Waals surface area (Å²) in [5.74, 6) is -0.746. The zero-order valence-corrected chi connectivity index (χ0v) is 23.0. The molecule has 2 bridgehead atoms. The first-order chi connectivity index (χ1) is 18.9. The van der Waals surface area contributed by atoms with Crippen LogP contribution < -0.4 is 26.3 Å². The average molecular weight is 557 g/mol. The Labute approximate surface area is 232 Å². The van der Waals surface area contributed by atoms with Gasteiger partial charge in [0.25, 0.3) is 0 Å². The standard InChI is InChI=1S/C28H37N5O7/c1-4-12-33(3)13-9-27-22-16-5-6-19(23(22)40-24(27)18(34)7-8-28(27,38)20(33)14-16)39-26(37)32(2)11-10-31-25(36)17(29)15-21(30)35/h4-6,17,20,24,38H,1,7-15,29H2,2-3H3,(H2-,30,31,35,36)/p+1/t17-,20-,24-,27-,28+,33?/m0/s1. The SMILES string of the molecule is C=CC[N+]1(C)CC[C@]23c4c5ccc(OC(=O)N(C)CCNC(=O)[C@@H](N)CC(N)=O)c4O[C@H]2C(=O)CC[C@@]3(O)[C@@H]1C5. The second-order valence-electron chi connectivity index (χ2n) is 11.8. The van der Waals surface area contributed by atoms with Crippen molar-refractivity contribution in [2.24, 2.45) is 11.5 Å². The molecule has 2 aliphatic carbocycles. The molecule has 216 valence electrons. The number of nitrogens with zero attached hydrogens (tertiary/aromatic N) is 2. The molecule has 12 heteroatoms. The largest absolute Gasteiger partial charge is 0.477 e. The van der Waals surface area contributed by atoms with Crippen molar-refractivity contribution in [3.63, 3.8) is 0 Å². The molecule has 0 radical (unpaired) electrons. The molecule has 4 aliphatic rings. The highest BCUT2D eigenvalue weighted by atomic mass is 16.6. The molecule has 40 heavy (non-hydrogen) atoms. The zero-order valence-electron chi connectivity index (χ0n) is 23.0. The maximum absolute atomic E-state index is 13.2. The number of carbonyl (C=O) groups excluding carboxylic acids is 4. The third-order valence-electron chi connectivity index (χ3n) is 9.45. The van der Waals surface area contributed by atoms with E-state index in [1.54, 1.807) is 6.07 Å². The van der Waals surface area contributed by atoms with Gasteiger partial charge in [-0.2, -0.15) is 0 Å². The first-order valence-electron chi connectivity index (χ1n) is 13.7. The molecule has 1 spiro atoms. The van der Waals surface area contributed by atoms with E-state index in [-0.39, 0.29) is 43.5 Å². The lowest BCUT2D eigenvalue weighted by Crippen LogP contribution is -2.80. The minimum Gasteiger partial charge on any atom is -0.477 e. The van der Waals surface area contributed by atoms with E-state index in [0.717, 1.165) is 17.7 Å². The number of ketones is 1. The van der Waals surface area contributed by atoms with Gasteiger partial charge in [0.15, 0.2) is 23.4 Å². The summed E-state index contributed by atoms with van der Waals surface area (Å²) < 4.78 is 12.7. The van der Waals surface area contributed by atoms with Crippen molar-refractivity contribution in [1.29, 1.82) is 0 Å². The summed E-state index contributed by atoms with van der Waals surface area (Å²) in [6.07, 6.45) is 1.86. The number of likely N-dealkylation sites (N-methyl/N-ethyl adjacent to an activating group) is 2. The van der Waals surface area contributed by atoms with Crippen LogP contribution in [0, 0.1) is 0 Å². The average Bonchev–Trinajstić information content (AvgIpc) is 3.26. The van der Waals surface area contributed by atoms with Crippen LogP contribution in [0.1, 0.15) is 36.8 Å². The van der Waals surface area contributed by atoms with Gasteiger partial charge in [-0.3, -0.25) is 14.4 Å². The number of nitrogens with one attached hydrogen (secondary N) is 1. The van der Waals surface area contributed by atoms with Gasteiger partial charge in [0.1, 0.15) is 11.6 Å². The van der Waals surface area contributed by atoms with E-state index in [2.05, 4.69) is 18.9 Å². The van der Waals surface area contributed by atoms with Crippen molar-refractivity contribution in [3.8, 4) is 11.5 Å². The van der Waals surface area contributed by atoms with Gasteiger partial charge in [0.2, 0.25) is 11.8 Å². The van der Waals surface area contributed by atoms with Crippen LogP contribution in [0.5, 0.6) is 11.5 Å². The minimum absolute atomic E-state index is 0.0491. The van der Waals surface area contributed by atoms with Crippen LogP contribution in [0.25, 0.3) is 0 Å². The Hall–Kier alpha value is -3.48. The van der Waals surface area contributed by atoms with Crippen molar-refractivity contribution in [1.82, 2.24) is 10.2 Å². The molecular weight excluding hydrogens is 518 g/mol. The first-order valence-corrected chi connectivity index (χ1v) is 13.7. The van der Waals surface area contributed by atoms with Crippen LogP contribution in [0.3, 0.4) is 0 Å². The number of likely N-dealkylation sites (tertiary alicyclic amines) is 1. The summed E-state index contributed by atoms with van der Waals surface area (Å²) in [4.78, 5) is 50.4. The number of benzene rings is 1. The van der Waals surface area contributed by atoms with Crippen LogP contribution in [0.2, 0.25) is 0 Å². The number of ether oxygens (including phenoxy) is 2. The van der Waals surface area contributed by atoms with Crippen molar-refractivity contribution < 1.29 is 38.2 Å². The quantitative estimate of drug-likeness (QED) is 0.232. The van der Waals surface area contributed by atoms with E-state index in [0.29, 0.717) is 36.0 Å². The number of piperidine rings is 1. The highest BCUT2D eigenvalue weighted by Gasteiger charge is 2.76. The monoisotopic (exact) mass is 556 g/mol. The molecule has 2 fully saturated rings. The van der Waals surface area contributed by atoms with Gasteiger partial charge in [-0.15, -0.1) is 0 Å². The number of Topliss-reactive ketones (excluding diaryl/α,β-unsaturated/α-hetero) is 1. The Morgan fingerprint density at radius 3 is 2.83 bits per heavy atom. The number of aliphatic hydroxyl groups is 1. The lowest BCUT2D eigenvalue weighted by atomic mass is 9.48. The van der Waals surface area contributed by atoms with Crippen LogP contribution >= 0.6 is 0 Å². The third kappa shape index (κ3) is 4.08.